The van der Waals surface area contributed by atoms with Crippen LogP contribution in [0.5, 0.6) is 0 Å². The largest absolute Gasteiger partial charge is 0.396 e. The van der Waals surface area contributed by atoms with Crippen molar-refractivity contribution < 1.29 is 14.9 Å². The minimum Gasteiger partial charge on any atom is -0.396 e. The number of aliphatic hydroxyl groups excluding tert-OH is 2. The van der Waals surface area contributed by atoms with Crippen LogP contribution in [0.3, 0.4) is 0 Å². The molecule has 0 bridgehead atoms. The van der Waals surface area contributed by atoms with Gasteiger partial charge in [-0.25, -0.2) is 0 Å². The third-order valence-electron chi connectivity index (χ3n) is 2.29. The number of unbranched alkanes of at least 4 members (excludes halogenated alkanes) is 2. The van der Waals surface area contributed by atoms with E-state index in [0.29, 0.717) is 13.2 Å². The second-order valence-electron chi connectivity index (χ2n) is 3.45. The Kier molecular flexibility index (Phi) is 5.31. The molecule has 0 aliphatic carbocycles. The fourth-order valence-corrected chi connectivity index (χ4v) is 1.44. The molecule has 1 rings (SSSR count). The smallest absolute Gasteiger partial charge is 0.0948 e. The summed E-state index contributed by atoms with van der Waals surface area (Å²) in [6.07, 6.45) is 2.60. The summed E-state index contributed by atoms with van der Waals surface area (Å²) < 4.78 is 5.10. The Hall–Kier alpha value is -0.160. The van der Waals surface area contributed by atoms with E-state index in [-0.39, 0.29) is 18.8 Å². The summed E-state index contributed by atoms with van der Waals surface area (Å²) in [6.45, 7) is 2.23. The van der Waals surface area contributed by atoms with Gasteiger partial charge in [0.1, 0.15) is 0 Å². The van der Waals surface area contributed by atoms with Crippen molar-refractivity contribution in [3.05, 3.63) is 0 Å². The van der Waals surface area contributed by atoms with Crippen LogP contribution >= 0.6 is 0 Å². The number of ether oxygens (including phenoxy) is 1. The molecule has 1 aliphatic heterocycles. The Morgan fingerprint density at radius 2 is 2.08 bits per heavy atom. The van der Waals surface area contributed by atoms with E-state index in [0.717, 1.165) is 25.8 Å². The van der Waals surface area contributed by atoms with Crippen LogP contribution in [0.25, 0.3) is 0 Å². The summed E-state index contributed by atoms with van der Waals surface area (Å²) in [5.74, 6) is 0. The normalized spacial score (nSPS) is 28.2. The second-order valence-corrected chi connectivity index (χ2v) is 3.45. The lowest BCUT2D eigenvalue weighted by atomic mass is 10.2. The molecule has 0 amide bonds. The molecule has 4 heteroatoms. The van der Waals surface area contributed by atoms with E-state index in [1.807, 2.05) is 0 Å². The van der Waals surface area contributed by atoms with Crippen molar-refractivity contribution in [3.8, 4) is 0 Å². The van der Waals surface area contributed by atoms with Crippen LogP contribution in [0, 0.1) is 0 Å². The zero-order valence-electron chi connectivity index (χ0n) is 7.91. The van der Waals surface area contributed by atoms with Crippen LogP contribution in [-0.4, -0.2) is 48.7 Å². The molecule has 1 heterocycles. The molecule has 1 aliphatic rings. The first kappa shape index (κ1) is 10.9. The van der Waals surface area contributed by atoms with Gasteiger partial charge in [0.25, 0.3) is 0 Å². The molecule has 78 valence electrons. The highest BCUT2D eigenvalue weighted by atomic mass is 16.5. The Morgan fingerprint density at radius 1 is 1.23 bits per heavy atom. The third kappa shape index (κ3) is 4.04. The molecule has 4 nitrogen and oxygen atoms in total. The van der Waals surface area contributed by atoms with Gasteiger partial charge in [-0.3, -0.25) is 0 Å². The lowest BCUT2D eigenvalue weighted by molar-refractivity contribution is 0.122. The minimum atomic E-state index is -0.349. The molecule has 13 heavy (non-hydrogen) atoms. The number of hydrogen-bond donors (Lipinski definition) is 3. The zero-order chi connectivity index (χ0) is 9.52. The zero-order valence-corrected chi connectivity index (χ0v) is 7.91. The fraction of sp³-hybridized carbons (Fsp3) is 1.00. The van der Waals surface area contributed by atoms with Crippen LogP contribution < -0.4 is 5.32 Å². The van der Waals surface area contributed by atoms with Gasteiger partial charge in [-0.05, 0) is 25.8 Å². The number of nitrogens with one attached hydrogen (secondary N) is 1. The maximum absolute atomic E-state index is 9.36. The van der Waals surface area contributed by atoms with Gasteiger partial charge in [-0.2, -0.15) is 0 Å². The molecule has 0 saturated carbocycles. The monoisotopic (exact) mass is 189 g/mol. The van der Waals surface area contributed by atoms with Crippen LogP contribution in [0.2, 0.25) is 0 Å². The molecule has 2 unspecified atom stereocenters. The Bertz CT molecular complexity index is 132. The summed E-state index contributed by atoms with van der Waals surface area (Å²) in [7, 11) is 0. The fourth-order valence-electron chi connectivity index (χ4n) is 1.44. The third-order valence-corrected chi connectivity index (χ3v) is 2.29. The van der Waals surface area contributed by atoms with Gasteiger partial charge in [0.2, 0.25) is 0 Å². The molecule has 3 N–H and O–H groups in total. The van der Waals surface area contributed by atoms with Crippen molar-refractivity contribution in [2.75, 3.05) is 26.4 Å². The average Bonchev–Trinajstić information content (AvgIpc) is 2.52. The van der Waals surface area contributed by atoms with E-state index >= 15 is 0 Å². The van der Waals surface area contributed by atoms with Crippen LogP contribution in [0.4, 0.5) is 0 Å². The first-order chi connectivity index (χ1) is 6.34. The topological polar surface area (TPSA) is 61.7 Å². The maximum Gasteiger partial charge on any atom is 0.0948 e. The molecule has 0 aromatic heterocycles. The van der Waals surface area contributed by atoms with E-state index < -0.39 is 0 Å². The van der Waals surface area contributed by atoms with Crippen molar-refractivity contribution in [2.24, 2.45) is 0 Å². The number of rotatable bonds is 6. The van der Waals surface area contributed by atoms with Gasteiger partial charge >= 0.3 is 0 Å². The SMILES string of the molecule is OCCCCCNC1COCC1O. The van der Waals surface area contributed by atoms with Gasteiger partial charge in [0, 0.05) is 6.61 Å². The second kappa shape index (κ2) is 6.32. The molecular formula is C9H19NO3. The predicted molar refractivity (Wildman–Crippen MR) is 49.6 cm³/mol. The molecule has 1 fully saturated rings. The predicted octanol–water partition coefficient (Wildman–Crippen LogP) is -0.502. The molecular weight excluding hydrogens is 170 g/mol. The van der Waals surface area contributed by atoms with E-state index in [2.05, 4.69) is 5.32 Å². The Labute approximate surface area is 78.9 Å². The standard InChI is InChI=1S/C9H19NO3/c11-5-3-1-2-4-10-8-6-13-7-9(8)12/h8-12H,1-7H2. The van der Waals surface area contributed by atoms with Crippen LogP contribution in [0.1, 0.15) is 19.3 Å². The highest BCUT2D eigenvalue weighted by molar-refractivity contribution is 4.80. The van der Waals surface area contributed by atoms with Gasteiger partial charge in [-0.1, -0.05) is 0 Å². The summed E-state index contributed by atoms with van der Waals surface area (Å²) in [5.41, 5.74) is 0. The number of hydrogen-bond acceptors (Lipinski definition) is 4. The highest BCUT2D eigenvalue weighted by Crippen LogP contribution is 2.05. The van der Waals surface area contributed by atoms with Crippen LogP contribution in [-0.2, 0) is 4.74 Å². The first-order valence-corrected chi connectivity index (χ1v) is 4.94. The lowest BCUT2D eigenvalue weighted by Gasteiger charge is -2.13. The van der Waals surface area contributed by atoms with Gasteiger partial charge < -0.3 is 20.3 Å². The van der Waals surface area contributed by atoms with Crippen molar-refractivity contribution in [2.45, 2.75) is 31.4 Å². The summed E-state index contributed by atoms with van der Waals surface area (Å²) in [5, 5.41) is 21.1. The van der Waals surface area contributed by atoms with Gasteiger partial charge in [-0.15, -0.1) is 0 Å². The van der Waals surface area contributed by atoms with Crippen molar-refractivity contribution in [1.82, 2.24) is 5.32 Å². The van der Waals surface area contributed by atoms with Crippen molar-refractivity contribution in [3.63, 3.8) is 0 Å². The Balaban J connectivity index is 1.93. The van der Waals surface area contributed by atoms with E-state index in [1.165, 1.54) is 0 Å². The molecule has 0 aromatic rings. The van der Waals surface area contributed by atoms with Crippen LogP contribution in [0.15, 0.2) is 0 Å². The average molecular weight is 189 g/mol. The van der Waals surface area contributed by atoms with Gasteiger partial charge in [0.05, 0.1) is 25.4 Å². The Morgan fingerprint density at radius 3 is 2.69 bits per heavy atom. The van der Waals surface area contributed by atoms with Crippen molar-refractivity contribution >= 4 is 0 Å². The number of aliphatic hydroxyl groups is 2. The minimum absolute atomic E-state index is 0.106. The molecule has 0 aromatic carbocycles. The van der Waals surface area contributed by atoms with Crippen molar-refractivity contribution in [1.29, 1.82) is 0 Å². The lowest BCUT2D eigenvalue weighted by Crippen LogP contribution is -2.39. The molecule has 2 atom stereocenters. The van der Waals surface area contributed by atoms with E-state index in [9.17, 15) is 5.11 Å². The molecule has 0 radical (unpaired) electrons. The van der Waals surface area contributed by atoms with Gasteiger partial charge in [0.15, 0.2) is 0 Å². The first-order valence-electron chi connectivity index (χ1n) is 4.94. The van der Waals surface area contributed by atoms with E-state index in [1.54, 1.807) is 0 Å². The molecule has 1 saturated heterocycles. The summed E-state index contributed by atoms with van der Waals surface area (Å²) >= 11 is 0. The quantitative estimate of drug-likeness (QED) is 0.493. The summed E-state index contributed by atoms with van der Waals surface area (Å²) in [4.78, 5) is 0. The van der Waals surface area contributed by atoms with E-state index in [4.69, 9.17) is 9.84 Å². The molecule has 0 spiro atoms. The maximum atomic E-state index is 9.36. The summed E-state index contributed by atoms with van der Waals surface area (Å²) in [6, 6.07) is 0.106. The highest BCUT2D eigenvalue weighted by Gasteiger charge is 2.24.